The first kappa shape index (κ1) is 20.4. The number of hydrogen-bond donors (Lipinski definition) is 0. The lowest BCUT2D eigenvalue weighted by Crippen LogP contribution is -2.30. The molecule has 0 N–H and O–H groups in total. The molecule has 0 saturated carbocycles. The van der Waals surface area contributed by atoms with Crippen LogP contribution in [0.5, 0.6) is 5.75 Å². The highest BCUT2D eigenvalue weighted by molar-refractivity contribution is 5.97. The van der Waals surface area contributed by atoms with Crippen molar-refractivity contribution in [1.29, 1.82) is 0 Å². The topological polar surface area (TPSA) is 65.2 Å². The third-order valence-electron chi connectivity index (χ3n) is 6.45. The number of benzene rings is 2. The minimum atomic E-state index is -2.99. The monoisotopic (exact) mass is 459 g/mol. The minimum absolute atomic E-state index is 0.0145. The molecule has 0 radical (unpaired) electrons. The zero-order chi connectivity index (χ0) is 23.6. The summed E-state index contributed by atoms with van der Waals surface area (Å²) in [6, 6.07) is 9.78. The lowest BCUT2D eigenvalue weighted by atomic mass is 9.97. The van der Waals surface area contributed by atoms with Crippen LogP contribution in [0.15, 0.2) is 48.9 Å². The van der Waals surface area contributed by atoms with E-state index in [1.165, 1.54) is 6.07 Å². The number of nitrogens with zero attached hydrogens (tertiary/aromatic N) is 5. The maximum absolute atomic E-state index is 13.2. The largest absolute Gasteiger partial charge is 0.434 e. The molecule has 0 spiro atoms. The van der Waals surface area contributed by atoms with E-state index in [1.54, 1.807) is 30.4 Å². The van der Waals surface area contributed by atoms with Gasteiger partial charge in [-0.2, -0.15) is 8.78 Å². The molecular formula is C25H19F2N5O2. The van der Waals surface area contributed by atoms with Gasteiger partial charge in [0.15, 0.2) is 0 Å². The normalized spacial score (nSPS) is 18.5. The second-order valence-electron chi connectivity index (χ2n) is 8.50. The molecule has 2 aliphatic heterocycles. The molecule has 2 unspecified atom stereocenters. The number of ether oxygens (including phenoxy) is 1. The Bertz CT molecular complexity index is 1530. The van der Waals surface area contributed by atoms with Gasteiger partial charge in [-0.05, 0) is 36.3 Å². The van der Waals surface area contributed by atoms with Crippen molar-refractivity contribution in [3.05, 3.63) is 77.1 Å². The van der Waals surface area contributed by atoms with Crippen molar-refractivity contribution >= 4 is 16.9 Å². The van der Waals surface area contributed by atoms with Crippen LogP contribution >= 0.6 is 0 Å². The quantitative estimate of drug-likeness (QED) is 0.427. The molecular weight excluding hydrogens is 440 g/mol. The van der Waals surface area contributed by atoms with Crippen LogP contribution in [0, 0.1) is 11.8 Å². The summed E-state index contributed by atoms with van der Waals surface area (Å²) in [7, 11) is 3.60. The van der Waals surface area contributed by atoms with Gasteiger partial charge in [-0.3, -0.25) is 4.79 Å². The zero-order valence-corrected chi connectivity index (χ0v) is 18.4. The molecule has 4 heterocycles. The van der Waals surface area contributed by atoms with Gasteiger partial charge in [0.05, 0.1) is 29.4 Å². The predicted octanol–water partition coefficient (Wildman–Crippen LogP) is 3.89. The van der Waals surface area contributed by atoms with Gasteiger partial charge in [0, 0.05) is 43.4 Å². The molecule has 9 heteroatoms. The summed E-state index contributed by atoms with van der Waals surface area (Å²) in [6.07, 6.45) is 4.05. The Hall–Kier alpha value is -4.19. The van der Waals surface area contributed by atoms with E-state index < -0.39 is 6.61 Å². The fourth-order valence-corrected chi connectivity index (χ4v) is 4.97. The number of carbonyl (C=O) groups excluding carboxylic acids is 1. The van der Waals surface area contributed by atoms with Crippen molar-refractivity contribution in [2.24, 2.45) is 7.05 Å². The standard InChI is InChI=1S/C25H19F2N5O2/c1-30-12-15(28-13-30)8-6-14-7-9-17-18(10-14)32-19-11-20(23(32)29-17)31(2)24(33)16-4-3-5-21(22(16)19)34-25(26)27/h3-5,7,9-10,12-13,19-20,25H,11H2,1-2H3. The average Bonchev–Trinajstić information content (AvgIpc) is 3.48. The lowest BCUT2D eigenvalue weighted by molar-refractivity contribution is -0.0507. The SMILES string of the molecule is CN1C(=O)c2cccc(OC(F)F)c2C2CC1c1nc3ccc(C#Cc4cn(C)cn4)cc3n12. The van der Waals surface area contributed by atoms with E-state index in [1.807, 2.05) is 40.6 Å². The second kappa shape index (κ2) is 7.42. The maximum atomic E-state index is 13.2. The number of fused-ring (bicyclic) bond motifs is 9. The summed E-state index contributed by atoms with van der Waals surface area (Å²) < 4.78 is 35.1. The Morgan fingerprint density at radius 2 is 2.00 bits per heavy atom. The number of halogens is 2. The van der Waals surface area contributed by atoms with Crippen molar-refractivity contribution in [2.45, 2.75) is 25.1 Å². The van der Waals surface area contributed by atoms with Gasteiger partial charge < -0.3 is 18.8 Å². The molecule has 2 aromatic heterocycles. The van der Waals surface area contributed by atoms with E-state index in [2.05, 4.69) is 16.8 Å². The van der Waals surface area contributed by atoms with Gasteiger partial charge in [0.25, 0.3) is 5.91 Å². The molecule has 0 fully saturated rings. The number of rotatable bonds is 2. The number of hydrogen-bond acceptors (Lipinski definition) is 4. The van der Waals surface area contributed by atoms with E-state index in [0.717, 1.165) is 22.4 Å². The molecule has 0 aliphatic carbocycles. The molecule has 0 saturated heterocycles. The smallest absolute Gasteiger partial charge is 0.387 e. The number of aryl methyl sites for hydroxylation is 1. The van der Waals surface area contributed by atoms with Crippen LogP contribution < -0.4 is 4.74 Å². The summed E-state index contributed by atoms with van der Waals surface area (Å²) in [6.45, 7) is -2.99. The number of carbonyl (C=O) groups is 1. The summed E-state index contributed by atoms with van der Waals surface area (Å²) in [5.41, 5.74) is 3.86. The predicted molar refractivity (Wildman–Crippen MR) is 120 cm³/mol. The van der Waals surface area contributed by atoms with E-state index in [9.17, 15) is 13.6 Å². The zero-order valence-electron chi connectivity index (χ0n) is 18.4. The lowest BCUT2D eigenvalue weighted by Gasteiger charge is -2.24. The molecule has 170 valence electrons. The van der Waals surface area contributed by atoms with Crippen LogP contribution in [0.2, 0.25) is 0 Å². The van der Waals surface area contributed by atoms with Crippen LogP contribution in [0.25, 0.3) is 11.0 Å². The number of alkyl halides is 2. The van der Waals surface area contributed by atoms with E-state index in [4.69, 9.17) is 9.72 Å². The Morgan fingerprint density at radius 1 is 1.15 bits per heavy atom. The Balaban J connectivity index is 1.53. The van der Waals surface area contributed by atoms with E-state index >= 15 is 0 Å². The van der Waals surface area contributed by atoms with Gasteiger partial charge >= 0.3 is 6.61 Å². The fraction of sp³-hybridized carbons (Fsp3) is 0.240. The van der Waals surface area contributed by atoms with Crippen LogP contribution in [-0.2, 0) is 7.05 Å². The van der Waals surface area contributed by atoms with Gasteiger partial charge in [-0.25, -0.2) is 9.97 Å². The van der Waals surface area contributed by atoms with Crippen molar-refractivity contribution in [3.63, 3.8) is 0 Å². The molecule has 1 amide bonds. The van der Waals surface area contributed by atoms with E-state index in [-0.39, 0.29) is 23.7 Å². The minimum Gasteiger partial charge on any atom is -0.434 e. The highest BCUT2D eigenvalue weighted by Crippen LogP contribution is 2.49. The molecule has 4 aromatic rings. The Labute approximate surface area is 193 Å². The first-order valence-corrected chi connectivity index (χ1v) is 10.8. The Kier molecular flexibility index (Phi) is 4.45. The summed E-state index contributed by atoms with van der Waals surface area (Å²) >= 11 is 0. The first-order chi connectivity index (χ1) is 16.4. The number of aromatic nitrogens is 4. The molecule has 2 bridgehead atoms. The highest BCUT2D eigenvalue weighted by atomic mass is 19.3. The van der Waals surface area contributed by atoms with Gasteiger partial charge in [0.2, 0.25) is 0 Å². The van der Waals surface area contributed by atoms with Gasteiger partial charge in [-0.15, -0.1) is 0 Å². The van der Waals surface area contributed by atoms with Crippen molar-refractivity contribution in [2.75, 3.05) is 7.05 Å². The van der Waals surface area contributed by atoms with Crippen molar-refractivity contribution < 1.29 is 18.3 Å². The highest BCUT2D eigenvalue weighted by Gasteiger charge is 2.44. The molecule has 7 nitrogen and oxygen atoms in total. The van der Waals surface area contributed by atoms with Gasteiger partial charge in [-0.1, -0.05) is 12.0 Å². The number of imidazole rings is 2. The summed E-state index contributed by atoms with van der Waals surface area (Å²) in [4.78, 5) is 23.9. The molecule has 2 aromatic carbocycles. The first-order valence-electron chi connectivity index (χ1n) is 10.8. The third kappa shape index (κ3) is 3.06. The molecule has 34 heavy (non-hydrogen) atoms. The van der Waals surface area contributed by atoms with Crippen molar-refractivity contribution in [1.82, 2.24) is 24.0 Å². The van der Waals surface area contributed by atoms with Crippen LogP contribution in [0.3, 0.4) is 0 Å². The van der Waals surface area contributed by atoms with Crippen LogP contribution in [-0.4, -0.2) is 43.6 Å². The summed E-state index contributed by atoms with van der Waals surface area (Å²) in [5, 5.41) is 0. The Morgan fingerprint density at radius 3 is 2.76 bits per heavy atom. The summed E-state index contributed by atoms with van der Waals surface area (Å²) in [5.74, 6) is 6.70. The third-order valence-corrected chi connectivity index (χ3v) is 6.45. The van der Waals surface area contributed by atoms with E-state index in [0.29, 0.717) is 23.2 Å². The average molecular weight is 459 g/mol. The van der Waals surface area contributed by atoms with Crippen molar-refractivity contribution in [3.8, 4) is 17.6 Å². The number of amides is 1. The molecule has 6 rings (SSSR count). The fourth-order valence-electron chi connectivity index (χ4n) is 4.97. The van der Waals surface area contributed by atoms with Gasteiger partial charge in [0.1, 0.15) is 17.3 Å². The molecule has 2 aliphatic rings. The second-order valence-corrected chi connectivity index (χ2v) is 8.50. The van der Waals surface area contributed by atoms with Crippen LogP contribution in [0.4, 0.5) is 8.78 Å². The molecule has 2 atom stereocenters. The van der Waals surface area contributed by atoms with Crippen LogP contribution in [0.1, 0.15) is 51.5 Å². The maximum Gasteiger partial charge on any atom is 0.387 e.